The molecule has 0 fully saturated rings. The van der Waals surface area contributed by atoms with Gasteiger partial charge in [-0.3, -0.25) is 4.68 Å². The fourth-order valence-electron chi connectivity index (χ4n) is 0.961. The molecule has 12 heavy (non-hydrogen) atoms. The van der Waals surface area contributed by atoms with Gasteiger partial charge in [-0.2, -0.15) is 5.10 Å². The molecule has 1 aromatic rings. The minimum atomic E-state index is -1.02. The van der Waals surface area contributed by atoms with Crippen molar-refractivity contribution in [2.24, 2.45) is 0 Å². The Kier molecular flexibility index (Phi) is 2.44. The molecule has 0 aromatic carbocycles. The minimum absolute atomic E-state index is 0.113. The first-order valence-electron chi connectivity index (χ1n) is 3.60. The smallest absolute Gasteiger partial charge is 0.354 e. The molecule has 0 aliphatic rings. The fourth-order valence-corrected chi connectivity index (χ4v) is 0.961. The summed E-state index contributed by atoms with van der Waals surface area (Å²) in [6, 6.07) is 1.37. The van der Waals surface area contributed by atoms with Gasteiger partial charge < -0.3 is 10.2 Å². The molecule has 0 aliphatic heterocycles. The Hall–Kier alpha value is -1.36. The number of hydrogen-bond donors (Lipinski definition) is 2. The largest absolute Gasteiger partial charge is 0.477 e. The maximum absolute atomic E-state index is 10.6. The van der Waals surface area contributed by atoms with Crippen molar-refractivity contribution < 1.29 is 15.0 Å². The molecule has 5 heteroatoms. The normalized spacial score (nSPS) is 10.2. The van der Waals surface area contributed by atoms with Crippen molar-refractivity contribution in [2.75, 3.05) is 0 Å². The molecule has 0 saturated carbocycles. The van der Waals surface area contributed by atoms with Crippen LogP contribution in [0.2, 0.25) is 0 Å². The number of aliphatic hydroxyl groups excluding tert-OH is 1. The van der Waals surface area contributed by atoms with Crippen molar-refractivity contribution in [2.45, 2.75) is 20.1 Å². The van der Waals surface area contributed by atoms with E-state index in [1.807, 2.05) is 0 Å². The van der Waals surface area contributed by atoms with Crippen LogP contribution >= 0.6 is 0 Å². The summed E-state index contributed by atoms with van der Waals surface area (Å²) in [5, 5.41) is 21.2. The van der Waals surface area contributed by atoms with E-state index in [0.717, 1.165) is 0 Å². The average Bonchev–Trinajstić information content (AvgIpc) is 2.47. The predicted molar refractivity (Wildman–Crippen MR) is 40.8 cm³/mol. The zero-order valence-corrected chi connectivity index (χ0v) is 6.69. The van der Waals surface area contributed by atoms with Gasteiger partial charge in [0.2, 0.25) is 0 Å². The van der Waals surface area contributed by atoms with Crippen LogP contribution in [0.3, 0.4) is 0 Å². The number of carboxylic acids is 1. The summed E-state index contributed by atoms with van der Waals surface area (Å²) < 4.78 is 1.34. The predicted octanol–water partition coefficient (Wildman–Crippen LogP) is 0.0935. The van der Waals surface area contributed by atoms with Gasteiger partial charge in [0.1, 0.15) is 5.69 Å². The van der Waals surface area contributed by atoms with Crippen molar-refractivity contribution in [1.29, 1.82) is 0 Å². The molecule has 0 spiro atoms. The number of nitrogens with zero attached hydrogens (tertiary/aromatic N) is 2. The molecule has 1 aromatic heterocycles. The molecular weight excluding hydrogens is 160 g/mol. The molecular formula is C7H10N2O3. The Morgan fingerprint density at radius 2 is 2.42 bits per heavy atom. The fraction of sp³-hybridized carbons (Fsp3) is 0.429. The highest BCUT2D eigenvalue weighted by molar-refractivity contribution is 5.85. The summed E-state index contributed by atoms with van der Waals surface area (Å²) >= 11 is 0. The van der Waals surface area contributed by atoms with E-state index in [9.17, 15) is 4.79 Å². The lowest BCUT2D eigenvalue weighted by Crippen LogP contribution is -2.08. The molecule has 0 radical (unpaired) electrons. The molecule has 1 rings (SSSR count). The monoisotopic (exact) mass is 170 g/mol. The summed E-state index contributed by atoms with van der Waals surface area (Å²) in [5.74, 6) is -1.02. The number of aromatic carboxylic acids is 1. The van der Waals surface area contributed by atoms with Crippen LogP contribution < -0.4 is 0 Å². The Labute approximate surface area is 69.2 Å². The topological polar surface area (TPSA) is 75.3 Å². The van der Waals surface area contributed by atoms with E-state index in [0.29, 0.717) is 12.2 Å². The molecule has 0 bridgehead atoms. The molecule has 0 amide bonds. The zero-order valence-electron chi connectivity index (χ0n) is 6.69. The van der Waals surface area contributed by atoms with Crippen molar-refractivity contribution in [3.05, 3.63) is 17.5 Å². The van der Waals surface area contributed by atoms with Gasteiger partial charge in [-0.05, 0) is 13.0 Å². The van der Waals surface area contributed by atoms with Gasteiger partial charge >= 0.3 is 5.97 Å². The van der Waals surface area contributed by atoms with Gasteiger partial charge in [-0.1, -0.05) is 0 Å². The highest BCUT2D eigenvalue weighted by Gasteiger charge is 2.11. The Bertz CT molecular complexity index is 293. The number of aromatic nitrogens is 2. The van der Waals surface area contributed by atoms with E-state index < -0.39 is 5.97 Å². The van der Waals surface area contributed by atoms with Crippen LogP contribution in [0.15, 0.2) is 6.07 Å². The van der Waals surface area contributed by atoms with Crippen LogP contribution in [-0.4, -0.2) is 26.0 Å². The number of aliphatic hydroxyl groups is 1. The highest BCUT2D eigenvalue weighted by atomic mass is 16.4. The molecule has 1 heterocycles. The van der Waals surface area contributed by atoms with Gasteiger partial charge in [-0.15, -0.1) is 0 Å². The van der Waals surface area contributed by atoms with Gasteiger partial charge in [0, 0.05) is 6.54 Å². The van der Waals surface area contributed by atoms with Crippen molar-refractivity contribution in [3.8, 4) is 0 Å². The first kappa shape index (κ1) is 8.73. The first-order valence-corrected chi connectivity index (χ1v) is 3.60. The number of carbonyl (C=O) groups is 1. The lowest BCUT2D eigenvalue weighted by atomic mass is 10.3. The Morgan fingerprint density at radius 1 is 1.75 bits per heavy atom. The van der Waals surface area contributed by atoms with Crippen molar-refractivity contribution >= 4 is 5.97 Å². The third kappa shape index (κ3) is 1.45. The average molecular weight is 170 g/mol. The van der Waals surface area contributed by atoms with Crippen molar-refractivity contribution in [1.82, 2.24) is 9.78 Å². The summed E-state index contributed by atoms with van der Waals surface area (Å²) in [4.78, 5) is 10.6. The van der Waals surface area contributed by atoms with E-state index in [-0.39, 0.29) is 12.3 Å². The summed E-state index contributed by atoms with van der Waals surface area (Å²) in [6.45, 7) is 2.05. The van der Waals surface area contributed by atoms with E-state index in [2.05, 4.69) is 5.10 Å². The number of aryl methyl sites for hydroxylation is 1. The quantitative estimate of drug-likeness (QED) is 0.674. The van der Waals surface area contributed by atoms with E-state index in [4.69, 9.17) is 10.2 Å². The van der Waals surface area contributed by atoms with Crippen LogP contribution in [0.1, 0.15) is 23.1 Å². The highest BCUT2D eigenvalue weighted by Crippen LogP contribution is 2.04. The SMILES string of the molecule is CCn1nc(CO)cc1C(=O)O. The van der Waals surface area contributed by atoms with Crippen LogP contribution in [0.4, 0.5) is 0 Å². The lowest BCUT2D eigenvalue weighted by molar-refractivity contribution is 0.0683. The molecule has 0 unspecified atom stereocenters. The molecule has 2 N–H and O–H groups in total. The maximum Gasteiger partial charge on any atom is 0.354 e. The summed E-state index contributed by atoms with van der Waals surface area (Å²) in [7, 11) is 0. The van der Waals surface area contributed by atoms with E-state index in [1.54, 1.807) is 6.92 Å². The van der Waals surface area contributed by atoms with Gasteiger partial charge in [0.05, 0.1) is 12.3 Å². The summed E-state index contributed by atoms with van der Waals surface area (Å²) in [5.41, 5.74) is 0.496. The van der Waals surface area contributed by atoms with Crippen LogP contribution in [0, 0.1) is 0 Å². The molecule has 66 valence electrons. The Balaban J connectivity index is 3.08. The van der Waals surface area contributed by atoms with E-state index >= 15 is 0 Å². The standard InChI is InChI=1S/C7H10N2O3/c1-2-9-6(7(11)12)3-5(4-10)8-9/h3,10H,2,4H2,1H3,(H,11,12). The number of rotatable bonds is 3. The molecule has 5 nitrogen and oxygen atoms in total. The van der Waals surface area contributed by atoms with Gasteiger partial charge in [0.25, 0.3) is 0 Å². The molecule has 0 aliphatic carbocycles. The third-order valence-electron chi connectivity index (χ3n) is 1.51. The van der Waals surface area contributed by atoms with Crippen LogP contribution in [-0.2, 0) is 13.2 Å². The van der Waals surface area contributed by atoms with Crippen LogP contribution in [0.25, 0.3) is 0 Å². The van der Waals surface area contributed by atoms with Crippen LogP contribution in [0.5, 0.6) is 0 Å². The van der Waals surface area contributed by atoms with Gasteiger partial charge in [-0.25, -0.2) is 4.79 Å². The lowest BCUT2D eigenvalue weighted by Gasteiger charge is -1.97. The maximum atomic E-state index is 10.6. The second kappa shape index (κ2) is 3.36. The second-order valence-corrected chi connectivity index (χ2v) is 2.30. The third-order valence-corrected chi connectivity index (χ3v) is 1.51. The zero-order chi connectivity index (χ0) is 9.14. The second-order valence-electron chi connectivity index (χ2n) is 2.30. The number of carboxylic acid groups (broad SMARTS) is 1. The minimum Gasteiger partial charge on any atom is -0.477 e. The van der Waals surface area contributed by atoms with E-state index in [1.165, 1.54) is 10.7 Å². The van der Waals surface area contributed by atoms with Gasteiger partial charge in [0.15, 0.2) is 0 Å². The molecule has 0 saturated heterocycles. The summed E-state index contributed by atoms with van der Waals surface area (Å²) in [6.07, 6.45) is 0. The number of hydrogen-bond acceptors (Lipinski definition) is 3. The Morgan fingerprint density at radius 3 is 2.75 bits per heavy atom. The first-order chi connectivity index (χ1) is 5.69. The molecule has 0 atom stereocenters. The van der Waals surface area contributed by atoms with Crippen molar-refractivity contribution in [3.63, 3.8) is 0 Å².